The Morgan fingerprint density at radius 3 is 1.09 bits per heavy atom. The van der Waals surface area contributed by atoms with Crippen molar-refractivity contribution in [1.82, 2.24) is 0 Å². The van der Waals surface area contributed by atoms with E-state index >= 15 is 0 Å². The Bertz CT molecular complexity index is 498. The molecule has 0 spiro atoms. The van der Waals surface area contributed by atoms with Crippen LogP contribution in [0.4, 0.5) is 0 Å². The zero-order valence-electron chi connectivity index (χ0n) is 14.3. The smallest absolute Gasteiger partial charge is 0.327 e. The highest BCUT2D eigenvalue weighted by atomic mass is 31.2. The Hall–Kier alpha value is -1.81. The lowest BCUT2D eigenvalue weighted by atomic mass is 10.3. The molecule has 2 aromatic carbocycles. The van der Waals surface area contributed by atoms with E-state index in [1.165, 1.54) is 20.9 Å². The molecule has 0 bridgehead atoms. The van der Waals surface area contributed by atoms with E-state index in [2.05, 4.69) is 9.05 Å². The first-order valence-corrected chi connectivity index (χ1v) is 8.85. The summed E-state index contributed by atoms with van der Waals surface area (Å²) in [5.74, 6) is 1.82. The van der Waals surface area contributed by atoms with E-state index in [0.717, 1.165) is 11.5 Å². The molecule has 0 aromatic heterocycles. The van der Waals surface area contributed by atoms with Crippen LogP contribution in [-0.2, 0) is 13.6 Å². The van der Waals surface area contributed by atoms with Crippen molar-refractivity contribution in [3.63, 3.8) is 0 Å². The predicted octanol–water partition coefficient (Wildman–Crippen LogP) is 4.49. The van der Waals surface area contributed by atoms with Gasteiger partial charge in [-0.25, -0.2) is 0 Å². The Morgan fingerprint density at radius 2 is 0.957 bits per heavy atom. The van der Waals surface area contributed by atoms with Crippen LogP contribution in [0.1, 0.15) is 0 Å². The van der Waals surface area contributed by atoms with Crippen LogP contribution in [0.2, 0.25) is 0 Å². The molecule has 2 aromatic rings. The monoisotopic (exact) mass is 340 g/mol. The fraction of sp³-hybridized carbons (Fsp3) is 0.294. The van der Waals surface area contributed by atoms with Gasteiger partial charge in [-0.1, -0.05) is 36.4 Å². The van der Waals surface area contributed by atoms with Crippen LogP contribution in [0.3, 0.4) is 0 Å². The van der Waals surface area contributed by atoms with Gasteiger partial charge in [0.1, 0.15) is 11.5 Å². The summed E-state index contributed by atoms with van der Waals surface area (Å²) in [6, 6.07) is 19.4. The quantitative estimate of drug-likeness (QED) is 0.768. The molecule has 6 heteroatoms. The summed E-state index contributed by atoms with van der Waals surface area (Å²) in [6.07, 6.45) is 0. The molecule has 0 amide bonds. The largest absolute Gasteiger partial charge is 0.497 e. The number of hydrogen-bond acceptors (Lipinski definition) is 5. The van der Waals surface area contributed by atoms with Crippen molar-refractivity contribution in [2.45, 2.75) is 0 Å². The van der Waals surface area contributed by atoms with E-state index in [9.17, 15) is 4.57 Å². The summed E-state index contributed by atoms with van der Waals surface area (Å²) in [7, 11) is 3.37. The van der Waals surface area contributed by atoms with Crippen LogP contribution in [-0.4, -0.2) is 35.1 Å². The summed E-state index contributed by atoms with van der Waals surface area (Å²) in [5, 5.41) is 0. The number of rotatable bonds is 4. The van der Waals surface area contributed by atoms with Crippen molar-refractivity contribution in [3.8, 4) is 11.5 Å². The highest BCUT2D eigenvalue weighted by molar-refractivity contribution is 7.52. The van der Waals surface area contributed by atoms with Gasteiger partial charge in [-0.3, -0.25) is 4.57 Å². The van der Waals surface area contributed by atoms with Gasteiger partial charge < -0.3 is 18.5 Å². The van der Waals surface area contributed by atoms with Gasteiger partial charge in [0.05, 0.1) is 14.2 Å². The van der Waals surface area contributed by atoms with Crippen LogP contribution >= 0.6 is 7.60 Å². The topological polar surface area (TPSA) is 54.0 Å². The molecule has 0 fully saturated rings. The van der Waals surface area contributed by atoms with Crippen LogP contribution in [0.5, 0.6) is 11.5 Å². The lowest BCUT2D eigenvalue weighted by Gasteiger charge is -2.04. The fourth-order valence-corrected chi connectivity index (χ4v) is 1.34. The number of methoxy groups -OCH3 is 2. The first-order chi connectivity index (χ1) is 11.0. The van der Waals surface area contributed by atoms with Crippen molar-refractivity contribution in [3.05, 3.63) is 60.7 Å². The lowest BCUT2D eigenvalue weighted by molar-refractivity contribution is 0.282. The maximum atomic E-state index is 10.5. The van der Waals surface area contributed by atoms with Crippen molar-refractivity contribution in [2.75, 3.05) is 35.1 Å². The van der Waals surface area contributed by atoms with Gasteiger partial charge in [0.25, 0.3) is 0 Å². The molecule has 5 nitrogen and oxygen atoms in total. The molecular weight excluding hydrogens is 315 g/mol. The molecule has 0 saturated heterocycles. The Labute approximate surface area is 138 Å². The van der Waals surface area contributed by atoms with Gasteiger partial charge in [0.15, 0.2) is 0 Å². The van der Waals surface area contributed by atoms with E-state index in [1.807, 2.05) is 60.7 Å². The van der Waals surface area contributed by atoms with E-state index in [1.54, 1.807) is 14.2 Å². The molecule has 0 aliphatic carbocycles. The molecule has 128 valence electrons. The van der Waals surface area contributed by atoms with E-state index < -0.39 is 7.60 Å². The zero-order valence-corrected chi connectivity index (χ0v) is 15.2. The first kappa shape index (κ1) is 21.2. The highest BCUT2D eigenvalue weighted by Crippen LogP contribution is 2.40. The summed E-state index contributed by atoms with van der Waals surface area (Å²) in [5.41, 5.74) is 0. The van der Waals surface area contributed by atoms with Crippen LogP contribution in [0.25, 0.3) is 0 Å². The fourth-order valence-electron chi connectivity index (χ4n) is 1.19. The van der Waals surface area contributed by atoms with Gasteiger partial charge in [0, 0.05) is 20.9 Å². The Kier molecular flexibility index (Phi) is 11.7. The van der Waals surface area contributed by atoms with E-state index in [0.29, 0.717) is 0 Å². The van der Waals surface area contributed by atoms with E-state index in [4.69, 9.17) is 9.47 Å². The van der Waals surface area contributed by atoms with Crippen molar-refractivity contribution in [2.24, 2.45) is 0 Å². The maximum absolute atomic E-state index is 10.5. The van der Waals surface area contributed by atoms with Crippen LogP contribution < -0.4 is 9.47 Å². The number of para-hydroxylation sites is 2. The normalized spacial score (nSPS) is 9.61. The van der Waals surface area contributed by atoms with Crippen molar-refractivity contribution in [1.29, 1.82) is 0 Å². The van der Waals surface area contributed by atoms with Gasteiger partial charge in [-0.05, 0) is 24.3 Å². The molecule has 2 rings (SSSR count). The van der Waals surface area contributed by atoms with Crippen molar-refractivity contribution < 1.29 is 23.1 Å². The summed E-state index contributed by atoms with van der Waals surface area (Å²) < 4.78 is 29.2. The third-order valence-corrected chi connectivity index (χ3v) is 3.95. The molecule has 23 heavy (non-hydrogen) atoms. The molecule has 0 saturated carbocycles. The minimum Gasteiger partial charge on any atom is -0.497 e. The molecule has 0 atom stereocenters. The van der Waals surface area contributed by atoms with Crippen molar-refractivity contribution >= 4 is 7.60 Å². The standard InChI is InChI=1S/2C7H8O.C3H9O3P/c2*1-8-7-5-3-2-4-6-7;1-5-7(3,4)6-2/h2*2-6H,1H3;1-3H3. The molecule has 0 heterocycles. The predicted molar refractivity (Wildman–Crippen MR) is 93.5 cm³/mol. The van der Waals surface area contributed by atoms with Gasteiger partial charge >= 0.3 is 7.60 Å². The lowest BCUT2D eigenvalue weighted by Crippen LogP contribution is -1.82. The van der Waals surface area contributed by atoms with Gasteiger partial charge in [-0.15, -0.1) is 0 Å². The summed E-state index contributed by atoms with van der Waals surface area (Å²) in [6.45, 7) is 1.41. The Balaban J connectivity index is 0.000000317. The number of benzene rings is 2. The third-order valence-electron chi connectivity index (χ3n) is 2.62. The van der Waals surface area contributed by atoms with E-state index in [-0.39, 0.29) is 0 Å². The molecule has 0 aliphatic heterocycles. The average Bonchev–Trinajstić information content (AvgIpc) is 2.64. The third kappa shape index (κ3) is 11.4. The minimum atomic E-state index is -2.65. The number of hydrogen-bond donors (Lipinski definition) is 0. The number of ether oxygens (including phenoxy) is 2. The minimum absolute atomic E-state index is 0.910. The van der Waals surface area contributed by atoms with Crippen LogP contribution in [0, 0.1) is 0 Å². The van der Waals surface area contributed by atoms with Gasteiger partial charge in [-0.2, -0.15) is 0 Å². The molecular formula is C17H25O5P. The van der Waals surface area contributed by atoms with Crippen LogP contribution in [0.15, 0.2) is 60.7 Å². The Morgan fingerprint density at radius 1 is 0.652 bits per heavy atom. The summed E-state index contributed by atoms with van der Waals surface area (Å²) >= 11 is 0. The zero-order chi connectivity index (χ0) is 17.6. The molecule has 0 radical (unpaired) electrons. The SMILES string of the molecule is COP(C)(=O)OC.COc1ccccc1.COc1ccccc1. The molecule has 0 unspecified atom stereocenters. The maximum Gasteiger partial charge on any atom is 0.327 e. The average molecular weight is 340 g/mol. The molecule has 0 N–H and O–H groups in total. The second-order valence-electron chi connectivity index (χ2n) is 4.17. The summed E-state index contributed by atoms with van der Waals surface area (Å²) in [4.78, 5) is 0. The second-order valence-corrected chi connectivity index (χ2v) is 6.44. The second kappa shape index (κ2) is 12.7. The van der Waals surface area contributed by atoms with Gasteiger partial charge in [0.2, 0.25) is 0 Å². The highest BCUT2D eigenvalue weighted by Gasteiger charge is 2.08. The first-order valence-electron chi connectivity index (χ1n) is 6.86. The molecule has 0 aliphatic rings.